The summed E-state index contributed by atoms with van der Waals surface area (Å²) < 4.78 is 7.45. The fourth-order valence-corrected chi connectivity index (χ4v) is 5.52. The minimum Gasteiger partial charge on any atom is -0.475 e. The van der Waals surface area contributed by atoms with Crippen LogP contribution in [0, 0.1) is 17.8 Å². The van der Waals surface area contributed by atoms with Crippen molar-refractivity contribution in [3.63, 3.8) is 0 Å². The molecule has 4 saturated carbocycles. The maximum absolute atomic E-state index is 12.9. The highest BCUT2D eigenvalue weighted by Crippen LogP contribution is 2.55. The number of carbonyl (C=O) groups is 1. The fraction of sp³-hybridized carbons (Fsp3) is 0.778. The van der Waals surface area contributed by atoms with Gasteiger partial charge in [0.2, 0.25) is 5.88 Å². The highest BCUT2D eigenvalue weighted by atomic mass is 16.5. The first-order chi connectivity index (χ1) is 10.9. The second-order valence-corrected chi connectivity index (χ2v) is 8.31. The standard InChI is InChI=1S/C18H27N3O2/c1-11(2)23-17-15(10-19-21(17)3)16(22)20-18-7-12-4-13(8-18)6-14(5-12)9-18/h10-14H,4-9H2,1-3H3,(H,20,22). The van der Waals surface area contributed by atoms with Crippen LogP contribution in [0.15, 0.2) is 6.20 Å². The van der Waals surface area contributed by atoms with Crippen LogP contribution in [0.1, 0.15) is 62.7 Å². The molecule has 4 bridgehead atoms. The molecular formula is C18H27N3O2. The van der Waals surface area contributed by atoms with Gasteiger partial charge < -0.3 is 10.1 Å². The van der Waals surface area contributed by atoms with Gasteiger partial charge in [-0.3, -0.25) is 4.79 Å². The van der Waals surface area contributed by atoms with Gasteiger partial charge in [0.05, 0.1) is 12.3 Å². The van der Waals surface area contributed by atoms with Gasteiger partial charge in [0.1, 0.15) is 5.56 Å². The third-order valence-corrected chi connectivity index (χ3v) is 5.89. The zero-order chi connectivity index (χ0) is 16.2. The van der Waals surface area contributed by atoms with Gasteiger partial charge in [-0.2, -0.15) is 5.10 Å². The summed E-state index contributed by atoms with van der Waals surface area (Å²) in [5.74, 6) is 3.02. The van der Waals surface area contributed by atoms with Crippen molar-refractivity contribution >= 4 is 5.91 Å². The lowest BCUT2D eigenvalue weighted by Gasteiger charge is -2.56. The predicted octanol–water partition coefficient (Wildman–Crippen LogP) is 2.91. The number of nitrogens with zero attached hydrogens (tertiary/aromatic N) is 2. The molecular weight excluding hydrogens is 290 g/mol. The Morgan fingerprint density at radius 2 is 1.83 bits per heavy atom. The number of hydrogen-bond donors (Lipinski definition) is 1. The van der Waals surface area contributed by atoms with Crippen molar-refractivity contribution in [2.75, 3.05) is 0 Å². The summed E-state index contributed by atoms with van der Waals surface area (Å²) in [6.07, 6.45) is 9.27. The van der Waals surface area contributed by atoms with Crippen molar-refractivity contribution in [2.45, 2.75) is 64.0 Å². The van der Waals surface area contributed by atoms with Gasteiger partial charge in [0.25, 0.3) is 5.91 Å². The lowest BCUT2D eigenvalue weighted by atomic mass is 9.53. The SMILES string of the molecule is CC(C)Oc1c(C(=O)NC23CC4CC(CC(C4)C2)C3)cnn1C. The zero-order valence-corrected chi connectivity index (χ0v) is 14.3. The summed E-state index contributed by atoms with van der Waals surface area (Å²) in [6, 6.07) is 0. The Hall–Kier alpha value is -1.52. The Morgan fingerprint density at radius 1 is 1.26 bits per heavy atom. The molecule has 1 aromatic heterocycles. The molecule has 126 valence electrons. The molecule has 4 aliphatic rings. The molecule has 4 aliphatic carbocycles. The lowest BCUT2D eigenvalue weighted by Crippen LogP contribution is -2.59. The van der Waals surface area contributed by atoms with E-state index in [-0.39, 0.29) is 17.6 Å². The average molecular weight is 317 g/mol. The van der Waals surface area contributed by atoms with Gasteiger partial charge in [-0.05, 0) is 70.1 Å². The molecule has 5 nitrogen and oxygen atoms in total. The largest absolute Gasteiger partial charge is 0.475 e. The molecule has 1 N–H and O–H groups in total. The number of rotatable bonds is 4. The van der Waals surface area contributed by atoms with Gasteiger partial charge >= 0.3 is 0 Å². The molecule has 0 aliphatic heterocycles. The summed E-state index contributed by atoms with van der Waals surface area (Å²) in [5.41, 5.74) is 0.591. The Bertz CT molecular complexity index is 584. The van der Waals surface area contributed by atoms with Gasteiger partial charge in [-0.25, -0.2) is 4.68 Å². The summed E-state index contributed by atoms with van der Waals surface area (Å²) in [6.45, 7) is 3.93. The minimum absolute atomic E-state index is 0.0179. The van der Waals surface area contributed by atoms with Crippen molar-refractivity contribution in [2.24, 2.45) is 24.8 Å². The van der Waals surface area contributed by atoms with E-state index in [2.05, 4.69) is 10.4 Å². The molecule has 0 saturated heterocycles. The van der Waals surface area contributed by atoms with E-state index in [0.29, 0.717) is 11.4 Å². The summed E-state index contributed by atoms with van der Waals surface area (Å²) in [4.78, 5) is 12.9. The van der Waals surface area contributed by atoms with Crippen molar-refractivity contribution in [3.05, 3.63) is 11.8 Å². The van der Waals surface area contributed by atoms with Gasteiger partial charge in [-0.15, -0.1) is 0 Å². The summed E-state index contributed by atoms with van der Waals surface area (Å²) in [7, 11) is 1.82. The van der Waals surface area contributed by atoms with E-state index in [1.807, 2.05) is 20.9 Å². The van der Waals surface area contributed by atoms with E-state index >= 15 is 0 Å². The zero-order valence-electron chi connectivity index (χ0n) is 14.3. The number of carbonyl (C=O) groups excluding carboxylic acids is 1. The molecule has 0 radical (unpaired) electrons. The first-order valence-electron chi connectivity index (χ1n) is 8.95. The number of amides is 1. The second-order valence-electron chi connectivity index (χ2n) is 8.31. The maximum Gasteiger partial charge on any atom is 0.258 e. The molecule has 0 atom stereocenters. The maximum atomic E-state index is 12.9. The highest BCUT2D eigenvalue weighted by Gasteiger charge is 2.51. The van der Waals surface area contributed by atoms with E-state index < -0.39 is 0 Å². The van der Waals surface area contributed by atoms with Gasteiger partial charge in [-0.1, -0.05) is 0 Å². The number of nitrogens with one attached hydrogen (secondary N) is 1. The van der Waals surface area contributed by atoms with Crippen LogP contribution in [-0.2, 0) is 7.05 Å². The molecule has 23 heavy (non-hydrogen) atoms. The van der Waals surface area contributed by atoms with Crippen LogP contribution >= 0.6 is 0 Å². The number of hydrogen-bond acceptors (Lipinski definition) is 3. The molecule has 1 aromatic rings. The Labute approximate surface area is 137 Å². The summed E-state index contributed by atoms with van der Waals surface area (Å²) >= 11 is 0. The average Bonchev–Trinajstić information content (AvgIpc) is 2.77. The van der Waals surface area contributed by atoms with Crippen LogP contribution in [0.25, 0.3) is 0 Å². The molecule has 1 amide bonds. The van der Waals surface area contributed by atoms with Crippen LogP contribution in [-0.4, -0.2) is 27.3 Å². The van der Waals surface area contributed by atoms with Gasteiger partial charge in [0.15, 0.2) is 0 Å². The van der Waals surface area contributed by atoms with Crippen LogP contribution in [0.2, 0.25) is 0 Å². The second kappa shape index (κ2) is 5.25. The first kappa shape index (κ1) is 15.0. The molecule has 5 rings (SSSR count). The normalized spacial score (nSPS) is 34.9. The Kier molecular flexibility index (Phi) is 3.43. The van der Waals surface area contributed by atoms with Gasteiger partial charge in [0, 0.05) is 12.6 Å². The third kappa shape index (κ3) is 2.64. The molecule has 1 heterocycles. The molecule has 0 aromatic carbocycles. The van der Waals surface area contributed by atoms with E-state index in [9.17, 15) is 4.79 Å². The minimum atomic E-state index is -0.0179. The highest BCUT2D eigenvalue weighted by molar-refractivity contribution is 5.96. The van der Waals surface area contributed by atoms with E-state index in [1.54, 1.807) is 10.9 Å². The predicted molar refractivity (Wildman–Crippen MR) is 87.3 cm³/mol. The lowest BCUT2D eigenvalue weighted by molar-refractivity contribution is -0.0167. The molecule has 4 fully saturated rings. The molecule has 5 heteroatoms. The van der Waals surface area contributed by atoms with Crippen molar-refractivity contribution in [1.82, 2.24) is 15.1 Å². The fourth-order valence-electron chi connectivity index (χ4n) is 5.52. The number of ether oxygens (including phenoxy) is 1. The molecule has 0 spiro atoms. The molecule has 0 unspecified atom stereocenters. The topological polar surface area (TPSA) is 56.1 Å². The summed E-state index contributed by atoms with van der Waals surface area (Å²) in [5, 5.41) is 7.61. The first-order valence-corrected chi connectivity index (χ1v) is 8.95. The van der Waals surface area contributed by atoms with E-state index in [0.717, 1.165) is 37.0 Å². The van der Waals surface area contributed by atoms with Crippen molar-refractivity contribution in [3.8, 4) is 5.88 Å². The van der Waals surface area contributed by atoms with Crippen molar-refractivity contribution in [1.29, 1.82) is 0 Å². The van der Waals surface area contributed by atoms with Crippen LogP contribution in [0.4, 0.5) is 0 Å². The third-order valence-electron chi connectivity index (χ3n) is 5.89. The number of aryl methyl sites for hydroxylation is 1. The van der Waals surface area contributed by atoms with Crippen LogP contribution < -0.4 is 10.1 Å². The Morgan fingerprint density at radius 3 is 2.35 bits per heavy atom. The van der Waals surface area contributed by atoms with Crippen LogP contribution in [0.3, 0.4) is 0 Å². The monoisotopic (exact) mass is 317 g/mol. The number of aromatic nitrogens is 2. The van der Waals surface area contributed by atoms with Crippen LogP contribution in [0.5, 0.6) is 5.88 Å². The van der Waals surface area contributed by atoms with Crippen molar-refractivity contribution < 1.29 is 9.53 Å². The van der Waals surface area contributed by atoms with E-state index in [4.69, 9.17) is 4.74 Å². The Balaban J connectivity index is 1.54. The smallest absolute Gasteiger partial charge is 0.258 e. The van der Waals surface area contributed by atoms with E-state index in [1.165, 1.54) is 19.3 Å². The quantitative estimate of drug-likeness (QED) is 0.929.